The van der Waals surface area contributed by atoms with Gasteiger partial charge in [-0.15, -0.1) is 0 Å². The van der Waals surface area contributed by atoms with Gasteiger partial charge < -0.3 is 10.2 Å². The summed E-state index contributed by atoms with van der Waals surface area (Å²) in [7, 11) is 0. The molecule has 1 aromatic carbocycles. The van der Waals surface area contributed by atoms with Crippen LogP contribution in [0, 0.1) is 4.77 Å². The third kappa shape index (κ3) is 3.11. The van der Waals surface area contributed by atoms with Crippen LogP contribution in [0.5, 0.6) is 5.75 Å². The molecule has 0 saturated carbocycles. The number of aromatic amines is 1. The third-order valence-corrected chi connectivity index (χ3v) is 3.21. The summed E-state index contributed by atoms with van der Waals surface area (Å²) in [5.74, 6) is 0.848. The lowest BCUT2D eigenvalue weighted by molar-refractivity contribution is 0.338. The Hall–Kier alpha value is -1.34. The van der Waals surface area contributed by atoms with Crippen molar-refractivity contribution in [2.24, 2.45) is 0 Å². The molecule has 18 heavy (non-hydrogen) atoms. The lowest BCUT2D eigenvalue weighted by atomic mass is 10.2. The monoisotopic (exact) mass is 328 g/mol. The van der Waals surface area contributed by atoms with E-state index >= 15 is 0 Å². The highest BCUT2D eigenvalue weighted by atomic mass is 79.9. The lowest BCUT2D eigenvalue weighted by Gasteiger charge is -2.09. The Bertz CT molecular complexity index is 580. The van der Waals surface area contributed by atoms with E-state index in [-0.39, 0.29) is 0 Å². The van der Waals surface area contributed by atoms with Crippen LogP contribution in [0.15, 0.2) is 29.0 Å². The first-order valence-corrected chi connectivity index (χ1v) is 6.68. The van der Waals surface area contributed by atoms with Gasteiger partial charge in [-0.1, -0.05) is 6.07 Å². The van der Waals surface area contributed by atoms with E-state index in [1.807, 2.05) is 25.1 Å². The van der Waals surface area contributed by atoms with Gasteiger partial charge in [-0.25, -0.2) is 4.68 Å². The quantitative estimate of drug-likeness (QED) is 0.829. The van der Waals surface area contributed by atoms with Gasteiger partial charge in [-0.2, -0.15) is 5.10 Å². The molecule has 0 radical (unpaired) electrons. The Morgan fingerprint density at radius 3 is 3.00 bits per heavy atom. The van der Waals surface area contributed by atoms with Gasteiger partial charge in [0.15, 0.2) is 0 Å². The van der Waals surface area contributed by atoms with E-state index in [1.165, 1.54) is 0 Å². The SMILES string of the molecule is CCOc1ccc(CNn2cn[nH]c2=S)cc1Br. The first kappa shape index (κ1) is 13.1. The first-order chi connectivity index (χ1) is 8.70. The van der Waals surface area contributed by atoms with Crippen LogP contribution in [-0.4, -0.2) is 21.5 Å². The molecule has 0 unspecified atom stereocenters. The van der Waals surface area contributed by atoms with Crippen LogP contribution in [0.3, 0.4) is 0 Å². The number of hydrogen-bond acceptors (Lipinski definition) is 4. The van der Waals surface area contributed by atoms with Gasteiger partial charge in [0.05, 0.1) is 17.6 Å². The molecular formula is C11H13BrN4OS. The summed E-state index contributed by atoms with van der Waals surface area (Å²) in [6.07, 6.45) is 1.60. The van der Waals surface area contributed by atoms with Crippen molar-refractivity contribution < 1.29 is 4.74 Å². The molecule has 0 atom stereocenters. The topological polar surface area (TPSA) is 54.9 Å². The number of halogens is 1. The molecule has 0 aliphatic carbocycles. The molecule has 2 aromatic rings. The second-order valence-electron chi connectivity index (χ2n) is 3.56. The van der Waals surface area contributed by atoms with Crippen LogP contribution in [0.1, 0.15) is 12.5 Å². The molecule has 1 heterocycles. The number of ether oxygens (including phenoxy) is 1. The minimum Gasteiger partial charge on any atom is -0.493 e. The number of nitrogens with zero attached hydrogens (tertiary/aromatic N) is 2. The molecular weight excluding hydrogens is 316 g/mol. The van der Waals surface area contributed by atoms with Gasteiger partial charge in [0.25, 0.3) is 0 Å². The van der Waals surface area contributed by atoms with Crippen LogP contribution in [0.4, 0.5) is 0 Å². The van der Waals surface area contributed by atoms with Crippen molar-refractivity contribution in [3.8, 4) is 5.75 Å². The Balaban J connectivity index is 2.04. The fourth-order valence-corrected chi connectivity index (χ4v) is 2.17. The number of hydrogen-bond donors (Lipinski definition) is 2. The predicted octanol–water partition coefficient (Wildman–Crippen LogP) is 2.85. The maximum Gasteiger partial charge on any atom is 0.214 e. The van der Waals surface area contributed by atoms with Crippen molar-refractivity contribution in [1.29, 1.82) is 0 Å². The van der Waals surface area contributed by atoms with Gasteiger partial charge in [-0.05, 0) is 52.8 Å². The fourth-order valence-electron chi connectivity index (χ4n) is 1.46. The summed E-state index contributed by atoms with van der Waals surface area (Å²) >= 11 is 8.52. The molecule has 0 aliphatic heterocycles. The van der Waals surface area contributed by atoms with E-state index in [2.05, 4.69) is 31.6 Å². The molecule has 0 aliphatic rings. The zero-order valence-corrected chi connectivity index (χ0v) is 12.2. The van der Waals surface area contributed by atoms with Gasteiger partial charge >= 0.3 is 0 Å². The van der Waals surface area contributed by atoms with E-state index in [1.54, 1.807) is 11.0 Å². The summed E-state index contributed by atoms with van der Waals surface area (Å²) in [6, 6.07) is 5.97. The van der Waals surface area contributed by atoms with Gasteiger partial charge in [0.1, 0.15) is 12.1 Å². The normalized spacial score (nSPS) is 10.3. The molecule has 0 fully saturated rings. The first-order valence-electron chi connectivity index (χ1n) is 5.48. The molecule has 1 aromatic heterocycles. The van der Waals surface area contributed by atoms with Gasteiger partial charge in [0.2, 0.25) is 4.77 Å². The van der Waals surface area contributed by atoms with E-state index < -0.39 is 0 Å². The highest BCUT2D eigenvalue weighted by Crippen LogP contribution is 2.25. The minimum atomic E-state index is 0.542. The summed E-state index contributed by atoms with van der Waals surface area (Å²) in [4.78, 5) is 0. The van der Waals surface area contributed by atoms with Crippen LogP contribution < -0.4 is 10.2 Å². The summed E-state index contributed by atoms with van der Waals surface area (Å²) in [6.45, 7) is 3.27. The molecule has 0 saturated heterocycles. The Morgan fingerprint density at radius 2 is 2.39 bits per heavy atom. The van der Waals surface area contributed by atoms with Crippen molar-refractivity contribution in [3.05, 3.63) is 39.3 Å². The lowest BCUT2D eigenvalue weighted by Crippen LogP contribution is -2.13. The summed E-state index contributed by atoms with van der Waals surface area (Å²) < 4.78 is 8.61. The largest absolute Gasteiger partial charge is 0.493 e. The van der Waals surface area contributed by atoms with Gasteiger partial charge in [0, 0.05) is 0 Å². The Kier molecular flexibility index (Phi) is 4.38. The van der Waals surface area contributed by atoms with E-state index in [9.17, 15) is 0 Å². The predicted molar refractivity (Wildman–Crippen MR) is 75.8 cm³/mol. The maximum absolute atomic E-state index is 5.46. The van der Waals surface area contributed by atoms with Crippen LogP contribution in [0.2, 0.25) is 0 Å². The fraction of sp³-hybridized carbons (Fsp3) is 0.273. The second kappa shape index (κ2) is 6.01. The highest BCUT2D eigenvalue weighted by Gasteiger charge is 2.02. The number of rotatable bonds is 5. The molecule has 0 amide bonds. The highest BCUT2D eigenvalue weighted by molar-refractivity contribution is 9.10. The molecule has 5 nitrogen and oxygen atoms in total. The smallest absolute Gasteiger partial charge is 0.214 e. The van der Waals surface area contributed by atoms with Gasteiger partial charge in [-0.3, -0.25) is 5.10 Å². The number of nitrogens with one attached hydrogen (secondary N) is 2. The second-order valence-corrected chi connectivity index (χ2v) is 4.81. The van der Waals surface area contributed by atoms with Crippen molar-refractivity contribution in [2.45, 2.75) is 13.5 Å². The molecule has 2 N–H and O–H groups in total. The third-order valence-electron chi connectivity index (χ3n) is 2.30. The Labute approximate surface area is 118 Å². The van der Waals surface area contributed by atoms with E-state index in [0.717, 1.165) is 15.8 Å². The van der Waals surface area contributed by atoms with Crippen LogP contribution >= 0.6 is 28.1 Å². The minimum absolute atomic E-state index is 0.542. The standard InChI is InChI=1S/C11H13BrN4OS/c1-2-17-10-4-3-8(5-9(10)12)6-14-16-7-13-15-11(16)18/h3-5,7,14H,2,6H2,1H3,(H,15,18). The molecule has 7 heteroatoms. The maximum atomic E-state index is 5.46. The number of benzene rings is 1. The summed E-state index contributed by atoms with van der Waals surface area (Å²) in [5.41, 5.74) is 4.26. The molecule has 0 spiro atoms. The summed E-state index contributed by atoms with van der Waals surface area (Å²) in [5, 5.41) is 6.51. The zero-order valence-electron chi connectivity index (χ0n) is 9.81. The van der Waals surface area contributed by atoms with Crippen molar-refractivity contribution in [1.82, 2.24) is 14.9 Å². The van der Waals surface area contributed by atoms with Crippen LogP contribution in [-0.2, 0) is 6.54 Å². The number of aromatic nitrogens is 3. The van der Waals surface area contributed by atoms with E-state index in [0.29, 0.717) is 17.9 Å². The molecule has 0 bridgehead atoms. The zero-order chi connectivity index (χ0) is 13.0. The Morgan fingerprint density at radius 1 is 1.56 bits per heavy atom. The molecule has 96 valence electrons. The number of H-pyrrole nitrogens is 1. The van der Waals surface area contributed by atoms with Crippen molar-refractivity contribution in [2.75, 3.05) is 12.0 Å². The van der Waals surface area contributed by atoms with Crippen LogP contribution in [0.25, 0.3) is 0 Å². The average molecular weight is 329 g/mol. The average Bonchev–Trinajstić information content (AvgIpc) is 2.76. The molecule has 2 rings (SSSR count). The van der Waals surface area contributed by atoms with Crippen molar-refractivity contribution in [3.63, 3.8) is 0 Å². The van der Waals surface area contributed by atoms with E-state index in [4.69, 9.17) is 17.0 Å². The van der Waals surface area contributed by atoms with Crippen molar-refractivity contribution >= 4 is 28.1 Å².